The molecule has 0 radical (unpaired) electrons. The number of esters is 4. The molecule has 1 saturated heterocycles. The number of epoxide rings is 1. The molecule has 1 heterocycles. The van der Waals surface area contributed by atoms with Gasteiger partial charge in [0.25, 0.3) is 10.1 Å². The average molecular weight is 629 g/mol. The van der Waals surface area contributed by atoms with Crippen LogP contribution in [0.3, 0.4) is 0 Å². The number of aliphatic hydroxyl groups excluding tert-OH is 1. The predicted octanol–water partition coefficient (Wildman–Crippen LogP) is 3.29. The lowest BCUT2D eigenvalue weighted by atomic mass is 10.2. The first-order valence-corrected chi connectivity index (χ1v) is 13.9. The Morgan fingerprint density at radius 2 is 1.47 bits per heavy atom. The summed E-state index contributed by atoms with van der Waals surface area (Å²) in [5.74, 6) is -2.61. The standard InChI is InChI=1S/C13H16O5S.C7H10O3.C5H8O3.C4H6O2/c1-10(2)13(14)17-8-9-18-19(15,16)12-6-4-11(3)5-7-12;1-5(2)7(8)10-4-6-3-9-6;1-3-8-5(7)4(2)6;1-3-4(5)6-2/h4-7H,1,8-9H2,2-3H3;6H,1,3-4H2,2H3;6H,2-3H2,1H3;3H,1H2,2H3. The predicted molar refractivity (Wildman–Crippen MR) is 156 cm³/mol. The molecule has 2 rings (SSSR count). The smallest absolute Gasteiger partial charge is 0.372 e. The van der Waals surface area contributed by atoms with Gasteiger partial charge in [0.1, 0.15) is 25.9 Å². The van der Waals surface area contributed by atoms with Gasteiger partial charge in [0.05, 0.1) is 25.2 Å². The molecule has 1 unspecified atom stereocenters. The molecule has 0 spiro atoms. The van der Waals surface area contributed by atoms with Gasteiger partial charge in [-0.3, -0.25) is 4.18 Å². The number of rotatable bonds is 12. The molecule has 1 N–H and O–H groups in total. The summed E-state index contributed by atoms with van der Waals surface area (Å²) in [5, 5.41) is 8.28. The number of aryl methyl sites for hydroxylation is 1. The number of carbonyl (C=O) groups excluding carboxylic acids is 4. The third-order valence-electron chi connectivity index (χ3n) is 4.24. The minimum absolute atomic E-state index is 0.0735. The summed E-state index contributed by atoms with van der Waals surface area (Å²) in [6.07, 6.45) is 1.25. The quantitative estimate of drug-likeness (QED) is 0.0678. The Morgan fingerprint density at radius 1 is 0.953 bits per heavy atom. The highest BCUT2D eigenvalue weighted by Gasteiger charge is 2.24. The summed E-state index contributed by atoms with van der Waals surface area (Å²) in [4.78, 5) is 41.8. The third kappa shape index (κ3) is 22.1. The van der Waals surface area contributed by atoms with Gasteiger partial charge in [0.15, 0.2) is 5.76 Å². The molecule has 1 aliphatic rings. The third-order valence-corrected chi connectivity index (χ3v) is 5.57. The second kappa shape index (κ2) is 22.3. The van der Waals surface area contributed by atoms with E-state index < -0.39 is 33.8 Å². The highest BCUT2D eigenvalue weighted by Crippen LogP contribution is 2.13. The number of ether oxygens (including phenoxy) is 5. The summed E-state index contributed by atoms with van der Waals surface area (Å²) < 4.78 is 51.0. The first kappa shape index (κ1) is 40.9. The molecule has 0 bridgehead atoms. The van der Waals surface area contributed by atoms with Gasteiger partial charge in [-0.05, 0) is 46.4 Å². The Hall–Kier alpha value is -4.27. The van der Waals surface area contributed by atoms with E-state index in [0.717, 1.165) is 11.6 Å². The van der Waals surface area contributed by atoms with Gasteiger partial charge < -0.3 is 28.8 Å². The fraction of sp³-hybridized carbons (Fsp3) is 0.379. The Kier molecular flexibility index (Phi) is 21.2. The summed E-state index contributed by atoms with van der Waals surface area (Å²) in [7, 11) is -2.50. The van der Waals surface area contributed by atoms with E-state index in [2.05, 4.69) is 35.8 Å². The zero-order valence-corrected chi connectivity index (χ0v) is 25.9. The highest BCUT2D eigenvalue weighted by atomic mass is 32.2. The van der Waals surface area contributed by atoms with E-state index in [-0.39, 0.29) is 42.4 Å². The number of benzene rings is 1. The van der Waals surface area contributed by atoms with Crippen molar-refractivity contribution in [1.29, 1.82) is 0 Å². The van der Waals surface area contributed by atoms with Crippen LogP contribution in [0.2, 0.25) is 0 Å². The van der Waals surface area contributed by atoms with Crippen LogP contribution < -0.4 is 0 Å². The van der Waals surface area contributed by atoms with Gasteiger partial charge in [-0.1, -0.05) is 37.4 Å². The Labute approximate surface area is 252 Å². The van der Waals surface area contributed by atoms with Crippen molar-refractivity contribution in [2.45, 2.75) is 38.7 Å². The minimum atomic E-state index is -3.81. The van der Waals surface area contributed by atoms with Gasteiger partial charge in [0.2, 0.25) is 0 Å². The zero-order valence-electron chi connectivity index (χ0n) is 25.1. The Balaban J connectivity index is 0. The molecule has 1 fully saturated rings. The lowest BCUT2D eigenvalue weighted by Crippen LogP contribution is -2.14. The number of carbonyl (C=O) groups is 4. The van der Waals surface area contributed by atoms with Crippen molar-refractivity contribution < 1.29 is 60.6 Å². The van der Waals surface area contributed by atoms with Crippen molar-refractivity contribution in [2.24, 2.45) is 0 Å². The van der Waals surface area contributed by atoms with Crippen molar-refractivity contribution in [3.8, 4) is 0 Å². The fourth-order valence-electron chi connectivity index (χ4n) is 1.93. The summed E-state index contributed by atoms with van der Waals surface area (Å²) in [6, 6.07) is 6.28. The summed E-state index contributed by atoms with van der Waals surface area (Å²) >= 11 is 0. The highest BCUT2D eigenvalue weighted by molar-refractivity contribution is 7.86. The Morgan fingerprint density at radius 3 is 1.81 bits per heavy atom. The van der Waals surface area contributed by atoms with E-state index in [9.17, 15) is 27.6 Å². The van der Waals surface area contributed by atoms with E-state index in [1.807, 2.05) is 6.92 Å². The van der Waals surface area contributed by atoms with Crippen LogP contribution in [-0.2, 0) is 57.2 Å². The molecule has 13 nitrogen and oxygen atoms in total. The molecular formula is C29H40O13S. The lowest BCUT2D eigenvalue weighted by Gasteiger charge is -2.07. The second-order valence-corrected chi connectivity index (χ2v) is 9.85. The second-order valence-electron chi connectivity index (χ2n) is 8.23. The summed E-state index contributed by atoms with van der Waals surface area (Å²) in [5.41, 5.74) is 1.64. The van der Waals surface area contributed by atoms with Crippen LogP contribution >= 0.6 is 0 Å². The molecule has 0 saturated carbocycles. The van der Waals surface area contributed by atoms with Gasteiger partial charge in [-0.15, -0.1) is 0 Å². The van der Waals surface area contributed by atoms with Gasteiger partial charge in [-0.2, -0.15) is 8.42 Å². The number of methoxy groups -OCH3 is 1. The van der Waals surface area contributed by atoms with Crippen LogP contribution in [0.25, 0.3) is 0 Å². The SMILES string of the molecule is C=C(C)C(=O)OCC1CO1.C=C(C)C(=O)OCCOS(=O)(=O)c1ccc(C)cc1.C=C(O)C(=O)OCC.C=CC(=O)OC. The largest absolute Gasteiger partial charge is 0.502 e. The first-order valence-electron chi connectivity index (χ1n) is 12.5. The van der Waals surface area contributed by atoms with E-state index in [1.165, 1.54) is 26.2 Å². The fourth-order valence-corrected chi connectivity index (χ4v) is 2.82. The normalized spacial score (nSPS) is 12.4. The van der Waals surface area contributed by atoms with Crippen LogP contribution in [-0.4, -0.2) is 83.6 Å². The van der Waals surface area contributed by atoms with Crippen LogP contribution in [0, 0.1) is 6.92 Å². The van der Waals surface area contributed by atoms with Crippen LogP contribution in [0.15, 0.2) is 78.5 Å². The van der Waals surface area contributed by atoms with Crippen LogP contribution in [0.1, 0.15) is 26.3 Å². The molecule has 14 heteroatoms. The maximum Gasteiger partial charge on any atom is 0.372 e. The lowest BCUT2D eigenvalue weighted by molar-refractivity contribution is -0.141. The molecule has 1 aromatic rings. The molecule has 43 heavy (non-hydrogen) atoms. The van der Waals surface area contributed by atoms with Crippen LogP contribution in [0.5, 0.6) is 0 Å². The van der Waals surface area contributed by atoms with Crippen molar-refractivity contribution >= 4 is 34.0 Å². The molecule has 0 aromatic heterocycles. The monoisotopic (exact) mass is 628 g/mol. The number of hydrogen-bond donors (Lipinski definition) is 1. The average Bonchev–Trinajstić information content (AvgIpc) is 3.79. The van der Waals surface area contributed by atoms with E-state index in [0.29, 0.717) is 18.8 Å². The van der Waals surface area contributed by atoms with Crippen molar-refractivity contribution in [2.75, 3.05) is 40.1 Å². The van der Waals surface area contributed by atoms with E-state index in [4.69, 9.17) is 23.5 Å². The molecule has 1 atom stereocenters. The van der Waals surface area contributed by atoms with Crippen LogP contribution in [0.4, 0.5) is 0 Å². The molecule has 1 aliphatic heterocycles. The maximum atomic E-state index is 11.7. The van der Waals surface area contributed by atoms with E-state index in [1.54, 1.807) is 26.0 Å². The van der Waals surface area contributed by atoms with Crippen molar-refractivity contribution in [3.05, 3.63) is 79.1 Å². The van der Waals surface area contributed by atoms with E-state index >= 15 is 0 Å². The first-order chi connectivity index (χ1) is 20.0. The Bertz CT molecular complexity index is 1210. The van der Waals surface area contributed by atoms with Gasteiger partial charge >= 0.3 is 23.9 Å². The molecule has 0 amide bonds. The molecule has 240 valence electrons. The maximum absolute atomic E-state index is 11.7. The van der Waals surface area contributed by atoms with Crippen molar-refractivity contribution in [3.63, 3.8) is 0 Å². The zero-order chi connectivity index (χ0) is 33.6. The molecule has 1 aromatic carbocycles. The van der Waals surface area contributed by atoms with Gasteiger partial charge in [0, 0.05) is 17.2 Å². The van der Waals surface area contributed by atoms with Gasteiger partial charge in [-0.25, -0.2) is 19.2 Å². The molecular weight excluding hydrogens is 588 g/mol. The minimum Gasteiger partial charge on any atom is -0.502 e. The number of aliphatic hydroxyl groups is 1. The number of hydrogen-bond acceptors (Lipinski definition) is 13. The summed E-state index contributed by atoms with van der Waals surface area (Å²) in [6.45, 7) is 20.6. The topological polar surface area (TPSA) is 181 Å². The van der Waals surface area contributed by atoms with Crippen molar-refractivity contribution in [1.82, 2.24) is 0 Å². The molecule has 0 aliphatic carbocycles.